The minimum Gasteiger partial charge on any atom is -0.507 e. The minimum atomic E-state index is -0.662. The Morgan fingerprint density at radius 3 is 2.15 bits per heavy atom. The molecule has 0 saturated carbocycles. The molecule has 0 aliphatic rings. The molecule has 0 aliphatic heterocycles. The number of hydrogen-bond acceptors (Lipinski definition) is 6. The maximum atomic E-state index is 11.1. The van der Waals surface area contributed by atoms with Gasteiger partial charge >= 0.3 is 11.9 Å². The van der Waals surface area contributed by atoms with E-state index < -0.39 is 17.7 Å². The molecule has 0 radical (unpaired) electrons. The molecule has 0 aromatic heterocycles. The van der Waals surface area contributed by atoms with E-state index in [-0.39, 0.29) is 23.2 Å². The number of esters is 2. The lowest BCUT2D eigenvalue weighted by molar-refractivity contribution is -0.132. The quantitative estimate of drug-likeness (QED) is 0.499. The first-order chi connectivity index (χ1) is 9.22. The number of carbonyl (C=O) groups excluding carboxylic acids is 2. The summed E-state index contributed by atoms with van der Waals surface area (Å²) in [6.45, 7) is 6.15. The number of ether oxygens (including phenoxy) is 2. The van der Waals surface area contributed by atoms with Crippen molar-refractivity contribution < 1.29 is 29.3 Å². The summed E-state index contributed by atoms with van der Waals surface area (Å²) in [6, 6.07) is 1.13. The van der Waals surface area contributed by atoms with Gasteiger partial charge in [-0.15, -0.1) is 0 Å². The van der Waals surface area contributed by atoms with E-state index >= 15 is 0 Å². The van der Waals surface area contributed by atoms with E-state index in [0.717, 1.165) is 13.0 Å². The highest BCUT2D eigenvalue weighted by atomic mass is 16.6. The Morgan fingerprint density at radius 2 is 1.70 bits per heavy atom. The van der Waals surface area contributed by atoms with E-state index in [9.17, 15) is 19.8 Å². The van der Waals surface area contributed by atoms with Gasteiger partial charge in [-0.25, -0.2) is 0 Å². The number of benzene rings is 1. The van der Waals surface area contributed by atoms with Crippen molar-refractivity contribution in [3.8, 4) is 23.0 Å². The Kier molecular flexibility index (Phi) is 4.96. The third-order valence-electron chi connectivity index (χ3n) is 2.41. The van der Waals surface area contributed by atoms with E-state index in [0.29, 0.717) is 12.0 Å². The molecule has 1 rings (SSSR count). The Labute approximate surface area is 116 Å². The topological polar surface area (TPSA) is 93.1 Å². The molecule has 1 aromatic rings. The van der Waals surface area contributed by atoms with Crippen LogP contribution in [0.25, 0.3) is 0 Å². The van der Waals surface area contributed by atoms with Crippen LogP contribution in [-0.4, -0.2) is 22.2 Å². The Bertz CT molecular complexity index is 533. The molecule has 0 amide bonds. The van der Waals surface area contributed by atoms with Gasteiger partial charge in [0.15, 0.2) is 11.5 Å². The Balaban J connectivity index is 3.40. The molecular formula is C14H18O6. The van der Waals surface area contributed by atoms with E-state index in [2.05, 4.69) is 0 Å². The van der Waals surface area contributed by atoms with Gasteiger partial charge in [0.25, 0.3) is 0 Å². The lowest BCUT2D eigenvalue weighted by Gasteiger charge is -2.16. The van der Waals surface area contributed by atoms with Gasteiger partial charge in [0, 0.05) is 25.5 Å². The van der Waals surface area contributed by atoms with Gasteiger partial charge in [0.05, 0.1) is 0 Å². The van der Waals surface area contributed by atoms with Crippen LogP contribution in [0.2, 0.25) is 0 Å². The second-order valence-corrected chi connectivity index (χ2v) is 4.84. The van der Waals surface area contributed by atoms with E-state index in [4.69, 9.17) is 9.47 Å². The normalized spacial score (nSPS) is 10.4. The van der Waals surface area contributed by atoms with Crippen molar-refractivity contribution in [2.75, 3.05) is 0 Å². The summed E-state index contributed by atoms with van der Waals surface area (Å²) >= 11 is 0. The van der Waals surface area contributed by atoms with Gasteiger partial charge in [-0.05, 0) is 12.3 Å². The molecule has 0 fully saturated rings. The molecule has 1 aromatic carbocycles. The standard InChI is InChI=1S/C14H18O6/c1-7(2)5-10-11(17)6-12(19-8(3)15)13(18)14(10)20-9(4)16/h6-7,17-18H,5H2,1-4H3. The third kappa shape index (κ3) is 3.88. The number of carbonyl (C=O) groups is 2. The van der Waals surface area contributed by atoms with Crippen LogP contribution in [0.4, 0.5) is 0 Å². The van der Waals surface area contributed by atoms with Gasteiger partial charge < -0.3 is 19.7 Å². The van der Waals surface area contributed by atoms with Crippen molar-refractivity contribution >= 4 is 11.9 Å². The predicted octanol–water partition coefficient (Wildman–Crippen LogP) is 2.15. The van der Waals surface area contributed by atoms with E-state index in [1.165, 1.54) is 6.92 Å². The highest BCUT2D eigenvalue weighted by molar-refractivity contribution is 5.76. The van der Waals surface area contributed by atoms with Crippen LogP contribution in [0, 0.1) is 5.92 Å². The van der Waals surface area contributed by atoms with Crippen LogP contribution in [0.1, 0.15) is 33.3 Å². The van der Waals surface area contributed by atoms with Crippen LogP contribution < -0.4 is 9.47 Å². The van der Waals surface area contributed by atoms with Crippen molar-refractivity contribution in [1.29, 1.82) is 0 Å². The average Bonchev–Trinajstić information content (AvgIpc) is 2.28. The molecule has 6 nitrogen and oxygen atoms in total. The number of phenols is 2. The number of aromatic hydroxyl groups is 2. The second kappa shape index (κ2) is 6.27. The molecule has 0 heterocycles. The highest BCUT2D eigenvalue weighted by Crippen LogP contribution is 2.45. The number of phenolic OH excluding ortho intramolecular Hbond substituents is 2. The van der Waals surface area contributed by atoms with Gasteiger partial charge in [-0.3, -0.25) is 9.59 Å². The van der Waals surface area contributed by atoms with Crippen molar-refractivity contribution in [1.82, 2.24) is 0 Å². The fraction of sp³-hybridized carbons (Fsp3) is 0.429. The van der Waals surface area contributed by atoms with Crippen molar-refractivity contribution in [3.05, 3.63) is 11.6 Å². The van der Waals surface area contributed by atoms with Gasteiger partial charge in [-0.2, -0.15) is 0 Å². The summed E-state index contributed by atoms with van der Waals surface area (Å²) in [5.41, 5.74) is 0.295. The van der Waals surface area contributed by atoms with Crippen LogP contribution in [0.3, 0.4) is 0 Å². The number of rotatable bonds is 4. The zero-order valence-corrected chi connectivity index (χ0v) is 11.9. The van der Waals surface area contributed by atoms with Crippen LogP contribution in [0.5, 0.6) is 23.0 Å². The number of hydrogen-bond donors (Lipinski definition) is 2. The lowest BCUT2D eigenvalue weighted by Crippen LogP contribution is -2.08. The molecule has 0 spiro atoms. The first-order valence-electron chi connectivity index (χ1n) is 6.17. The molecule has 6 heteroatoms. The lowest BCUT2D eigenvalue weighted by atomic mass is 10.00. The maximum absolute atomic E-state index is 11.1. The SMILES string of the molecule is CC(=O)Oc1cc(O)c(CC(C)C)c(OC(C)=O)c1O. The van der Waals surface area contributed by atoms with Crippen LogP contribution >= 0.6 is 0 Å². The molecule has 0 bridgehead atoms. The van der Waals surface area contributed by atoms with E-state index in [1.54, 1.807) is 0 Å². The summed E-state index contributed by atoms with van der Waals surface area (Å²) in [6.07, 6.45) is 0.391. The molecule has 20 heavy (non-hydrogen) atoms. The van der Waals surface area contributed by atoms with Crippen LogP contribution in [-0.2, 0) is 16.0 Å². The monoisotopic (exact) mass is 282 g/mol. The van der Waals surface area contributed by atoms with Gasteiger partial charge in [0.1, 0.15) is 5.75 Å². The highest BCUT2D eigenvalue weighted by Gasteiger charge is 2.22. The van der Waals surface area contributed by atoms with Gasteiger partial charge in [0.2, 0.25) is 5.75 Å². The Hall–Kier alpha value is -2.24. The van der Waals surface area contributed by atoms with E-state index in [1.807, 2.05) is 13.8 Å². The summed E-state index contributed by atoms with van der Waals surface area (Å²) in [4.78, 5) is 22.1. The molecule has 0 unspecified atom stereocenters. The molecule has 0 atom stereocenters. The molecule has 0 saturated heterocycles. The Morgan fingerprint density at radius 1 is 1.15 bits per heavy atom. The largest absolute Gasteiger partial charge is 0.507 e. The summed E-state index contributed by atoms with van der Waals surface area (Å²) in [7, 11) is 0. The molecule has 2 N–H and O–H groups in total. The summed E-state index contributed by atoms with van der Waals surface area (Å²) in [5, 5.41) is 20.0. The second-order valence-electron chi connectivity index (χ2n) is 4.84. The maximum Gasteiger partial charge on any atom is 0.308 e. The van der Waals surface area contributed by atoms with Crippen molar-refractivity contribution in [3.63, 3.8) is 0 Å². The molecule has 110 valence electrons. The fourth-order valence-corrected chi connectivity index (χ4v) is 1.74. The zero-order chi connectivity index (χ0) is 15.4. The van der Waals surface area contributed by atoms with Crippen LogP contribution in [0.15, 0.2) is 6.07 Å². The smallest absolute Gasteiger partial charge is 0.308 e. The van der Waals surface area contributed by atoms with Crippen molar-refractivity contribution in [2.24, 2.45) is 5.92 Å². The first-order valence-corrected chi connectivity index (χ1v) is 6.17. The van der Waals surface area contributed by atoms with Gasteiger partial charge in [-0.1, -0.05) is 13.8 Å². The summed E-state index contributed by atoms with van der Waals surface area (Å²) < 4.78 is 9.71. The molecular weight excluding hydrogens is 264 g/mol. The first kappa shape index (κ1) is 15.8. The zero-order valence-electron chi connectivity index (χ0n) is 11.9. The third-order valence-corrected chi connectivity index (χ3v) is 2.41. The predicted molar refractivity (Wildman–Crippen MR) is 70.9 cm³/mol. The average molecular weight is 282 g/mol. The molecule has 0 aliphatic carbocycles. The summed E-state index contributed by atoms with van der Waals surface area (Å²) in [5.74, 6) is -2.27. The minimum absolute atomic E-state index is 0.161. The fourth-order valence-electron chi connectivity index (χ4n) is 1.74. The van der Waals surface area contributed by atoms with Crippen molar-refractivity contribution in [2.45, 2.75) is 34.1 Å².